The average Bonchev–Trinajstić information content (AvgIpc) is 2.73. The molecule has 158 valence electrons. The van der Waals surface area contributed by atoms with Crippen LogP contribution in [-0.4, -0.2) is 5.91 Å². The van der Waals surface area contributed by atoms with Crippen LogP contribution in [0, 0.1) is 11.3 Å². The minimum Gasteiger partial charge on any atom is -0.326 e. The molecule has 0 heterocycles. The molecule has 1 N–H and O–H groups in total. The number of nitrogens with zero attached hydrogens (tertiary/aromatic N) is 1. The zero-order valence-electron chi connectivity index (χ0n) is 16.0. The molecule has 3 nitrogen and oxygen atoms in total. The number of halogens is 4. The van der Waals surface area contributed by atoms with Gasteiger partial charge in [0.25, 0.3) is 0 Å². The van der Waals surface area contributed by atoms with Crippen molar-refractivity contribution in [3.05, 3.63) is 94.0 Å². The highest BCUT2D eigenvalue weighted by molar-refractivity contribution is 7.98. The number of amides is 1. The Balaban J connectivity index is 1.56. The molecule has 8 heteroatoms. The Hall–Kier alpha value is -2.95. The maximum atomic E-state index is 12.6. The molecule has 0 aliphatic carbocycles. The van der Waals surface area contributed by atoms with Crippen LogP contribution < -0.4 is 5.32 Å². The molecule has 1 amide bonds. The first kappa shape index (κ1) is 22.7. The second-order valence-electron chi connectivity index (χ2n) is 6.65. The van der Waals surface area contributed by atoms with Gasteiger partial charge in [-0.2, -0.15) is 18.4 Å². The van der Waals surface area contributed by atoms with Crippen LogP contribution in [0.25, 0.3) is 0 Å². The average molecular weight is 461 g/mol. The molecule has 3 aromatic rings. The van der Waals surface area contributed by atoms with E-state index in [9.17, 15) is 18.0 Å². The van der Waals surface area contributed by atoms with E-state index in [2.05, 4.69) is 5.32 Å². The highest BCUT2D eigenvalue weighted by atomic mass is 35.5. The van der Waals surface area contributed by atoms with Crippen LogP contribution in [0.3, 0.4) is 0 Å². The largest absolute Gasteiger partial charge is 0.416 e. The number of carbonyl (C=O) groups excluding carboxylic acids is 1. The number of thioether (sulfide) groups is 1. The molecule has 0 spiro atoms. The van der Waals surface area contributed by atoms with Gasteiger partial charge in [-0.25, -0.2) is 0 Å². The van der Waals surface area contributed by atoms with E-state index >= 15 is 0 Å². The van der Waals surface area contributed by atoms with Gasteiger partial charge in [0.2, 0.25) is 5.91 Å². The van der Waals surface area contributed by atoms with E-state index in [1.807, 2.05) is 6.07 Å². The van der Waals surface area contributed by atoms with Crippen molar-refractivity contribution in [2.75, 3.05) is 5.32 Å². The van der Waals surface area contributed by atoms with E-state index in [0.717, 1.165) is 23.3 Å². The molecule has 3 aromatic carbocycles. The predicted octanol–water partition coefficient (Wildman–Crippen LogP) is 6.70. The number of nitriles is 1. The summed E-state index contributed by atoms with van der Waals surface area (Å²) in [5, 5.41) is 12.0. The zero-order chi connectivity index (χ0) is 22.4. The first-order chi connectivity index (χ1) is 14.7. The second-order valence-corrected chi connectivity index (χ2v) is 8.11. The van der Waals surface area contributed by atoms with Crippen molar-refractivity contribution in [2.45, 2.75) is 23.2 Å². The van der Waals surface area contributed by atoms with Gasteiger partial charge in [-0.1, -0.05) is 29.8 Å². The van der Waals surface area contributed by atoms with Crippen LogP contribution in [0.1, 0.15) is 22.3 Å². The van der Waals surface area contributed by atoms with Crippen LogP contribution in [0.15, 0.2) is 71.6 Å². The van der Waals surface area contributed by atoms with Crippen LogP contribution in [-0.2, 0) is 23.1 Å². The van der Waals surface area contributed by atoms with Gasteiger partial charge in [-0.3, -0.25) is 4.79 Å². The Bertz CT molecular complexity index is 1110. The standard InChI is InChI=1S/C23H16ClF3N2OS/c24-21-12-19(29-22(30)11-15-1-3-16(13-28)4-2-15)8-5-17(21)14-31-20-9-6-18(7-10-20)23(25,26)27/h1-10,12H,11,14H2,(H,29,30). The van der Waals surface area contributed by atoms with Gasteiger partial charge in [0.1, 0.15) is 0 Å². The smallest absolute Gasteiger partial charge is 0.326 e. The number of hydrogen-bond acceptors (Lipinski definition) is 3. The summed E-state index contributed by atoms with van der Waals surface area (Å²) in [7, 11) is 0. The summed E-state index contributed by atoms with van der Waals surface area (Å²) in [6.45, 7) is 0. The SMILES string of the molecule is N#Cc1ccc(CC(=O)Nc2ccc(CSc3ccc(C(F)(F)F)cc3)c(Cl)c2)cc1. The molecule has 0 radical (unpaired) electrons. The zero-order valence-corrected chi connectivity index (χ0v) is 17.6. The molecule has 0 saturated heterocycles. The molecule has 0 aromatic heterocycles. The number of hydrogen-bond donors (Lipinski definition) is 1. The summed E-state index contributed by atoms with van der Waals surface area (Å²) >= 11 is 7.68. The fraction of sp³-hybridized carbons (Fsp3) is 0.130. The van der Waals surface area contributed by atoms with E-state index in [1.165, 1.54) is 23.9 Å². The normalized spacial score (nSPS) is 11.1. The summed E-state index contributed by atoms with van der Waals surface area (Å²) in [6, 6.07) is 18.9. The second kappa shape index (κ2) is 9.90. The van der Waals surface area contributed by atoms with Gasteiger partial charge in [0.15, 0.2) is 0 Å². The Labute approximate surface area is 186 Å². The van der Waals surface area contributed by atoms with Gasteiger partial charge >= 0.3 is 6.18 Å². The fourth-order valence-electron chi connectivity index (χ4n) is 2.73. The van der Waals surface area contributed by atoms with Crippen LogP contribution >= 0.6 is 23.4 Å². The van der Waals surface area contributed by atoms with E-state index < -0.39 is 11.7 Å². The molecule has 0 fully saturated rings. The Kier molecular flexibility index (Phi) is 7.26. The van der Waals surface area contributed by atoms with Gasteiger partial charge in [-0.05, 0) is 59.7 Å². The number of nitrogens with one attached hydrogen (secondary N) is 1. The summed E-state index contributed by atoms with van der Waals surface area (Å²) in [5.74, 6) is 0.261. The lowest BCUT2D eigenvalue weighted by Crippen LogP contribution is -2.14. The highest BCUT2D eigenvalue weighted by Gasteiger charge is 2.29. The summed E-state index contributed by atoms with van der Waals surface area (Å²) in [4.78, 5) is 12.9. The third kappa shape index (κ3) is 6.51. The maximum Gasteiger partial charge on any atom is 0.416 e. The molecular weight excluding hydrogens is 445 g/mol. The summed E-state index contributed by atoms with van der Waals surface area (Å²) < 4.78 is 37.9. The number of rotatable bonds is 6. The first-order valence-corrected chi connectivity index (χ1v) is 10.5. The Morgan fingerprint density at radius 1 is 1.03 bits per heavy atom. The van der Waals surface area contributed by atoms with E-state index in [1.54, 1.807) is 42.5 Å². The minimum atomic E-state index is -4.35. The molecule has 0 unspecified atom stereocenters. The third-order valence-corrected chi connectivity index (χ3v) is 5.77. The quantitative estimate of drug-likeness (QED) is 0.416. The lowest BCUT2D eigenvalue weighted by molar-refractivity contribution is -0.137. The van der Waals surface area contributed by atoms with Gasteiger partial charge in [0, 0.05) is 21.4 Å². The maximum absolute atomic E-state index is 12.6. The lowest BCUT2D eigenvalue weighted by atomic mass is 10.1. The fourth-order valence-corrected chi connectivity index (χ4v) is 3.96. The van der Waals surface area contributed by atoms with E-state index in [0.29, 0.717) is 26.9 Å². The van der Waals surface area contributed by atoms with Crippen molar-refractivity contribution in [1.82, 2.24) is 0 Å². The molecule has 0 aliphatic rings. The van der Waals surface area contributed by atoms with Crippen molar-refractivity contribution in [3.8, 4) is 6.07 Å². The van der Waals surface area contributed by atoms with E-state index in [4.69, 9.17) is 16.9 Å². The molecular formula is C23H16ClF3N2OS. The highest BCUT2D eigenvalue weighted by Crippen LogP contribution is 2.32. The molecule has 0 atom stereocenters. The molecule has 0 bridgehead atoms. The topological polar surface area (TPSA) is 52.9 Å². The van der Waals surface area contributed by atoms with Crippen LogP contribution in [0.2, 0.25) is 5.02 Å². The van der Waals surface area contributed by atoms with Crippen molar-refractivity contribution in [3.63, 3.8) is 0 Å². The summed E-state index contributed by atoms with van der Waals surface area (Å²) in [5.41, 5.74) is 1.98. The summed E-state index contributed by atoms with van der Waals surface area (Å²) in [6.07, 6.45) is -4.19. The van der Waals surface area contributed by atoms with Crippen LogP contribution in [0.4, 0.5) is 18.9 Å². The molecule has 0 saturated carbocycles. The van der Waals surface area contributed by atoms with Gasteiger partial charge < -0.3 is 5.32 Å². The number of carbonyl (C=O) groups is 1. The van der Waals surface area contributed by atoms with E-state index in [-0.39, 0.29) is 12.3 Å². The lowest BCUT2D eigenvalue weighted by Gasteiger charge is -2.10. The molecule has 3 rings (SSSR count). The van der Waals surface area contributed by atoms with Crippen molar-refractivity contribution >= 4 is 35.0 Å². The monoisotopic (exact) mass is 460 g/mol. The minimum absolute atomic E-state index is 0.162. The third-order valence-electron chi connectivity index (χ3n) is 4.36. The van der Waals surface area contributed by atoms with Crippen LogP contribution in [0.5, 0.6) is 0 Å². The van der Waals surface area contributed by atoms with Crippen molar-refractivity contribution in [1.29, 1.82) is 5.26 Å². The Morgan fingerprint density at radius 2 is 1.71 bits per heavy atom. The Morgan fingerprint density at radius 3 is 2.29 bits per heavy atom. The molecule has 0 aliphatic heterocycles. The first-order valence-electron chi connectivity index (χ1n) is 9.12. The van der Waals surface area contributed by atoms with Crippen molar-refractivity contribution in [2.24, 2.45) is 0 Å². The molecule has 31 heavy (non-hydrogen) atoms. The van der Waals surface area contributed by atoms with Gasteiger partial charge in [-0.15, -0.1) is 11.8 Å². The number of benzene rings is 3. The number of alkyl halides is 3. The van der Waals surface area contributed by atoms with Gasteiger partial charge in [0.05, 0.1) is 23.6 Å². The number of anilines is 1. The van der Waals surface area contributed by atoms with Crippen molar-refractivity contribution < 1.29 is 18.0 Å². The predicted molar refractivity (Wildman–Crippen MR) is 116 cm³/mol.